The normalized spacial score (nSPS) is 3.25. The molecule has 0 aromatic carbocycles. The topological polar surface area (TPSA) is 0 Å². The van der Waals surface area contributed by atoms with Gasteiger partial charge in [0.1, 0.15) is 0 Å². The van der Waals surface area contributed by atoms with Gasteiger partial charge in [0, 0.05) is 0 Å². The van der Waals surface area contributed by atoms with E-state index in [0.717, 1.165) is 0 Å². The van der Waals surface area contributed by atoms with Crippen LogP contribution < -0.4 is 0 Å². The van der Waals surface area contributed by atoms with Gasteiger partial charge < -0.3 is 0 Å². The summed E-state index contributed by atoms with van der Waals surface area (Å²) in [6, 6.07) is 0. The SMILES string of the molecule is C=CCl.[Ag+]. The van der Waals surface area contributed by atoms with Crippen molar-refractivity contribution in [2.24, 2.45) is 0 Å². The van der Waals surface area contributed by atoms with Crippen molar-refractivity contribution in [3.8, 4) is 0 Å². The van der Waals surface area contributed by atoms with Crippen LogP contribution in [0.5, 0.6) is 0 Å². The summed E-state index contributed by atoms with van der Waals surface area (Å²) in [5.41, 5.74) is 1.22. The van der Waals surface area contributed by atoms with E-state index in [1.165, 1.54) is 5.54 Å². The summed E-state index contributed by atoms with van der Waals surface area (Å²) in [5.74, 6) is 0. The molecule has 0 amide bonds. The minimum Gasteiger partial charge on any atom is -0.0936 e. The molecule has 0 bridgehead atoms. The molecule has 4 heavy (non-hydrogen) atoms. The molecule has 0 saturated heterocycles. The van der Waals surface area contributed by atoms with Crippen molar-refractivity contribution in [1.82, 2.24) is 0 Å². The molecule has 0 unspecified atom stereocenters. The first-order valence-corrected chi connectivity index (χ1v) is 1.06. The Kier molecular flexibility index (Phi) is 20.4. The van der Waals surface area contributed by atoms with Gasteiger partial charge in [-0.3, -0.25) is 0 Å². The summed E-state index contributed by atoms with van der Waals surface area (Å²) in [5, 5.41) is 0. The van der Waals surface area contributed by atoms with Gasteiger partial charge in [0.15, 0.2) is 0 Å². The molecule has 0 aliphatic rings. The molecule has 0 fully saturated rings. The maximum absolute atomic E-state index is 4.76. The minimum atomic E-state index is 0. The molecule has 0 atom stereocenters. The van der Waals surface area contributed by atoms with Crippen molar-refractivity contribution >= 4 is 11.6 Å². The van der Waals surface area contributed by atoms with E-state index in [1.807, 2.05) is 0 Å². The first-order valence-electron chi connectivity index (χ1n) is 0.626. The number of hydrogen-bond acceptors (Lipinski definition) is 0. The van der Waals surface area contributed by atoms with Crippen molar-refractivity contribution in [3.63, 3.8) is 0 Å². The van der Waals surface area contributed by atoms with Crippen LogP contribution in [-0.2, 0) is 22.4 Å². The molecule has 0 radical (unpaired) electrons. The molecule has 0 aliphatic heterocycles. The van der Waals surface area contributed by atoms with Gasteiger partial charge in [-0.1, -0.05) is 18.2 Å². The predicted octanol–water partition coefficient (Wildman–Crippen LogP) is 1.37. The van der Waals surface area contributed by atoms with Crippen molar-refractivity contribution in [1.29, 1.82) is 0 Å². The fourth-order valence-corrected chi connectivity index (χ4v) is 0. The summed E-state index contributed by atoms with van der Waals surface area (Å²) in [4.78, 5) is 0. The van der Waals surface area contributed by atoms with E-state index in [0.29, 0.717) is 0 Å². The van der Waals surface area contributed by atoms with Crippen LogP contribution in [0.2, 0.25) is 0 Å². The number of halogens is 1. The van der Waals surface area contributed by atoms with E-state index in [9.17, 15) is 0 Å². The van der Waals surface area contributed by atoms with Crippen LogP contribution in [0.25, 0.3) is 0 Å². The Morgan fingerprint density at radius 2 is 1.75 bits per heavy atom. The Balaban J connectivity index is 0. The quantitative estimate of drug-likeness (QED) is 0.482. The Hall–Kier alpha value is 0.770. The van der Waals surface area contributed by atoms with Crippen molar-refractivity contribution in [2.75, 3.05) is 0 Å². The first-order chi connectivity index (χ1) is 1.41. The van der Waals surface area contributed by atoms with Crippen molar-refractivity contribution < 1.29 is 22.4 Å². The largest absolute Gasteiger partial charge is 1.00 e. The molecule has 28 valence electrons. The van der Waals surface area contributed by atoms with E-state index in [1.54, 1.807) is 0 Å². The third kappa shape index (κ3) is 14.6. The van der Waals surface area contributed by atoms with E-state index in [2.05, 4.69) is 6.58 Å². The molecule has 0 aromatic rings. The second kappa shape index (κ2) is 9.23. The van der Waals surface area contributed by atoms with Crippen LogP contribution >= 0.6 is 11.6 Å². The van der Waals surface area contributed by atoms with Crippen LogP contribution in [0.1, 0.15) is 0 Å². The van der Waals surface area contributed by atoms with Crippen molar-refractivity contribution in [2.45, 2.75) is 0 Å². The van der Waals surface area contributed by atoms with E-state index in [-0.39, 0.29) is 22.4 Å². The van der Waals surface area contributed by atoms with E-state index in [4.69, 9.17) is 11.6 Å². The predicted molar refractivity (Wildman–Crippen MR) is 16.1 cm³/mol. The second-order valence-electron chi connectivity index (χ2n) is 0.154. The smallest absolute Gasteiger partial charge is 0.0936 e. The summed E-state index contributed by atoms with van der Waals surface area (Å²) in [7, 11) is 0. The maximum atomic E-state index is 4.76. The Morgan fingerprint density at radius 3 is 1.75 bits per heavy atom. The fraction of sp³-hybridized carbons (Fsp3) is 0. The molecule has 0 nitrogen and oxygen atoms in total. The average Bonchev–Trinajstić information content (AvgIpc) is 0.918. The van der Waals surface area contributed by atoms with Gasteiger partial charge in [-0.25, -0.2) is 0 Å². The zero-order valence-electron chi connectivity index (χ0n) is 1.96. The minimum absolute atomic E-state index is 0. The Morgan fingerprint density at radius 1 is 1.75 bits per heavy atom. The van der Waals surface area contributed by atoms with Gasteiger partial charge >= 0.3 is 22.4 Å². The van der Waals surface area contributed by atoms with E-state index >= 15 is 0 Å². The molecule has 0 N–H and O–H groups in total. The Bertz CT molecular complexity index is 13.5. The Labute approximate surface area is 46.4 Å². The number of rotatable bonds is 0. The maximum Gasteiger partial charge on any atom is 1.00 e. The average molecular weight is 170 g/mol. The third-order valence-corrected chi connectivity index (χ3v) is 0. The molecule has 0 aliphatic carbocycles. The molecule has 0 rings (SSSR count). The third-order valence-electron chi connectivity index (χ3n) is 0. The standard InChI is InChI=1S/C2H3Cl.Ag/c1-2-3;/h2H,1H2;/q;+1. The molecule has 0 spiro atoms. The van der Waals surface area contributed by atoms with Gasteiger partial charge in [0.05, 0.1) is 0 Å². The molecule has 2 heteroatoms. The first kappa shape index (κ1) is 8.84. The zero-order valence-corrected chi connectivity index (χ0v) is 4.20. The fourth-order valence-electron chi connectivity index (χ4n) is 0. The molecular weight excluding hydrogens is 167 g/mol. The summed E-state index contributed by atoms with van der Waals surface area (Å²) < 4.78 is 0. The summed E-state index contributed by atoms with van der Waals surface area (Å²) in [6.45, 7) is 3.13. The monoisotopic (exact) mass is 169 g/mol. The van der Waals surface area contributed by atoms with Gasteiger partial charge in [0.25, 0.3) is 0 Å². The van der Waals surface area contributed by atoms with Gasteiger partial charge in [-0.15, -0.1) is 0 Å². The van der Waals surface area contributed by atoms with Crippen LogP contribution in [0, 0.1) is 0 Å². The number of hydrogen-bond donors (Lipinski definition) is 0. The molecule has 0 aromatic heterocycles. The van der Waals surface area contributed by atoms with Gasteiger partial charge in [0.2, 0.25) is 0 Å². The van der Waals surface area contributed by atoms with E-state index < -0.39 is 0 Å². The van der Waals surface area contributed by atoms with Crippen molar-refractivity contribution in [3.05, 3.63) is 12.1 Å². The summed E-state index contributed by atoms with van der Waals surface area (Å²) >= 11 is 4.76. The molecular formula is C2H3AgCl+. The zero-order chi connectivity index (χ0) is 2.71. The van der Waals surface area contributed by atoms with Gasteiger partial charge in [-0.2, -0.15) is 0 Å². The molecule has 0 heterocycles. The molecule has 0 saturated carbocycles. The summed E-state index contributed by atoms with van der Waals surface area (Å²) in [6.07, 6.45) is 0. The second-order valence-corrected chi connectivity index (χ2v) is 0.463. The van der Waals surface area contributed by atoms with Crippen LogP contribution in [-0.4, -0.2) is 0 Å². The van der Waals surface area contributed by atoms with Crippen LogP contribution in [0.15, 0.2) is 12.1 Å². The van der Waals surface area contributed by atoms with Crippen LogP contribution in [0.4, 0.5) is 0 Å². The van der Waals surface area contributed by atoms with Gasteiger partial charge in [-0.05, 0) is 5.54 Å². The van der Waals surface area contributed by atoms with Crippen LogP contribution in [0.3, 0.4) is 0 Å².